The zero-order valence-corrected chi connectivity index (χ0v) is 15.6. The third-order valence-electron chi connectivity index (χ3n) is 5.60. The molecular formula is C19H29ClN2O2. The average Bonchev–Trinajstić information content (AvgIpc) is 2.52. The molecule has 0 radical (unpaired) electrons. The summed E-state index contributed by atoms with van der Waals surface area (Å²) in [7, 11) is 0. The Kier molecular flexibility index (Phi) is 5.52. The SMILES string of the molecule is CC1(C)CN(Cc2cccc(Cl)c2)CC[C@]1(O)CN1CCOCC1. The zero-order valence-electron chi connectivity index (χ0n) is 14.8. The summed E-state index contributed by atoms with van der Waals surface area (Å²) in [6, 6.07) is 8.06. The Labute approximate surface area is 150 Å². The molecular weight excluding hydrogens is 324 g/mol. The first-order valence-electron chi connectivity index (χ1n) is 8.87. The fraction of sp³-hybridized carbons (Fsp3) is 0.684. The standard InChI is InChI=1S/C19H29ClN2O2/c1-18(2)14-22(13-16-4-3-5-17(20)12-16)7-6-19(18,23)15-21-8-10-24-11-9-21/h3-5,12,23H,6-11,13-15H2,1-2H3/t19-/m0/s1. The van der Waals surface area contributed by atoms with E-state index in [4.69, 9.17) is 16.3 Å². The number of ether oxygens (including phenoxy) is 1. The van der Waals surface area contributed by atoms with Crippen LogP contribution in [0.5, 0.6) is 0 Å². The highest BCUT2D eigenvalue weighted by Gasteiger charge is 2.48. The Morgan fingerprint density at radius 2 is 1.92 bits per heavy atom. The monoisotopic (exact) mass is 352 g/mol. The van der Waals surface area contributed by atoms with Crippen molar-refractivity contribution in [2.75, 3.05) is 45.9 Å². The number of aliphatic hydroxyl groups is 1. The molecule has 4 nitrogen and oxygen atoms in total. The summed E-state index contributed by atoms with van der Waals surface area (Å²) in [5.74, 6) is 0. The average molecular weight is 353 g/mol. The molecule has 1 N–H and O–H groups in total. The van der Waals surface area contributed by atoms with E-state index < -0.39 is 5.60 Å². The Morgan fingerprint density at radius 1 is 1.17 bits per heavy atom. The van der Waals surface area contributed by atoms with Gasteiger partial charge in [0.1, 0.15) is 0 Å². The maximum Gasteiger partial charge on any atom is 0.0849 e. The molecule has 2 fully saturated rings. The van der Waals surface area contributed by atoms with Crippen molar-refractivity contribution in [3.63, 3.8) is 0 Å². The Bertz CT molecular complexity index is 560. The molecule has 24 heavy (non-hydrogen) atoms. The smallest absolute Gasteiger partial charge is 0.0849 e. The van der Waals surface area contributed by atoms with Crippen LogP contribution in [0, 0.1) is 5.41 Å². The van der Waals surface area contributed by atoms with Gasteiger partial charge in [0, 0.05) is 49.7 Å². The maximum absolute atomic E-state index is 11.3. The molecule has 1 aromatic rings. The highest BCUT2D eigenvalue weighted by Crippen LogP contribution is 2.39. The van der Waals surface area contributed by atoms with Gasteiger partial charge in [0.25, 0.3) is 0 Å². The van der Waals surface area contributed by atoms with Gasteiger partial charge in [0.15, 0.2) is 0 Å². The third-order valence-corrected chi connectivity index (χ3v) is 5.84. The Balaban J connectivity index is 1.63. The molecule has 0 aliphatic carbocycles. The van der Waals surface area contributed by atoms with Gasteiger partial charge in [-0.2, -0.15) is 0 Å². The quantitative estimate of drug-likeness (QED) is 0.903. The van der Waals surface area contributed by atoms with Gasteiger partial charge in [0.05, 0.1) is 18.8 Å². The van der Waals surface area contributed by atoms with Crippen LogP contribution in [-0.2, 0) is 11.3 Å². The molecule has 2 aliphatic heterocycles. The second kappa shape index (κ2) is 7.30. The number of hydrogen-bond acceptors (Lipinski definition) is 4. The van der Waals surface area contributed by atoms with E-state index in [0.29, 0.717) is 0 Å². The number of benzene rings is 1. The number of β-amino-alcohol motifs (C(OH)–C–C–N with tert-alkyl or cyclic N) is 1. The lowest BCUT2D eigenvalue weighted by Gasteiger charge is -2.52. The normalized spacial score (nSPS) is 28.8. The number of piperidine rings is 1. The molecule has 1 atom stereocenters. The van der Waals surface area contributed by atoms with Crippen molar-refractivity contribution >= 4 is 11.6 Å². The van der Waals surface area contributed by atoms with E-state index in [1.54, 1.807) is 0 Å². The molecule has 0 bridgehead atoms. The van der Waals surface area contributed by atoms with Crippen LogP contribution < -0.4 is 0 Å². The molecule has 0 unspecified atom stereocenters. The van der Waals surface area contributed by atoms with Crippen molar-refractivity contribution in [1.82, 2.24) is 9.80 Å². The predicted octanol–water partition coefficient (Wildman–Crippen LogP) is 2.64. The summed E-state index contributed by atoms with van der Waals surface area (Å²) >= 11 is 6.10. The minimum absolute atomic E-state index is 0.151. The van der Waals surface area contributed by atoms with Crippen molar-refractivity contribution in [2.45, 2.75) is 32.4 Å². The molecule has 0 amide bonds. The minimum Gasteiger partial charge on any atom is -0.388 e. The van der Waals surface area contributed by atoms with Crippen LogP contribution >= 0.6 is 11.6 Å². The molecule has 3 rings (SSSR count). The predicted molar refractivity (Wildman–Crippen MR) is 97.3 cm³/mol. The second-order valence-corrected chi connectivity index (χ2v) is 8.33. The highest BCUT2D eigenvalue weighted by atomic mass is 35.5. The summed E-state index contributed by atoms with van der Waals surface area (Å²) in [6.45, 7) is 11.2. The maximum atomic E-state index is 11.3. The number of hydrogen-bond donors (Lipinski definition) is 1. The van der Waals surface area contributed by atoms with Gasteiger partial charge in [-0.1, -0.05) is 37.6 Å². The van der Waals surface area contributed by atoms with E-state index in [0.717, 1.165) is 63.9 Å². The van der Waals surface area contributed by atoms with Gasteiger partial charge in [-0.05, 0) is 24.1 Å². The van der Waals surface area contributed by atoms with E-state index in [2.05, 4.69) is 29.7 Å². The summed E-state index contributed by atoms with van der Waals surface area (Å²) in [4.78, 5) is 4.78. The summed E-state index contributed by atoms with van der Waals surface area (Å²) in [5, 5.41) is 12.1. The third kappa shape index (κ3) is 4.12. The molecule has 0 spiro atoms. The van der Waals surface area contributed by atoms with E-state index in [1.165, 1.54) is 5.56 Å². The van der Waals surface area contributed by atoms with Gasteiger partial charge >= 0.3 is 0 Å². The lowest BCUT2D eigenvalue weighted by Crippen LogP contribution is -2.62. The summed E-state index contributed by atoms with van der Waals surface area (Å²) in [6.07, 6.45) is 0.803. The number of halogens is 1. The molecule has 0 saturated carbocycles. The first-order valence-corrected chi connectivity index (χ1v) is 9.25. The summed E-state index contributed by atoms with van der Waals surface area (Å²) < 4.78 is 5.42. The van der Waals surface area contributed by atoms with Gasteiger partial charge < -0.3 is 9.84 Å². The fourth-order valence-corrected chi connectivity index (χ4v) is 4.13. The van der Waals surface area contributed by atoms with Crippen molar-refractivity contribution < 1.29 is 9.84 Å². The number of rotatable bonds is 4. The topological polar surface area (TPSA) is 35.9 Å². The van der Waals surface area contributed by atoms with Gasteiger partial charge in [-0.25, -0.2) is 0 Å². The van der Waals surface area contributed by atoms with Crippen LogP contribution in [0.2, 0.25) is 5.02 Å². The second-order valence-electron chi connectivity index (χ2n) is 7.89. The molecule has 1 aromatic carbocycles. The van der Waals surface area contributed by atoms with Crippen LogP contribution in [0.25, 0.3) is 0 Å². The number of likely N-dealkylation sites (tertiary alicyclic amines) is 1. The highest BCUT2D eigenvalue weighted by molar-refractivity contribution is 6.30. The van der Waals surface area contributed by atoms with E-state index >= 15 is 0 Å². The molecule has 2 saturated heterocycles. The number of morpholine rings is 1. The lowest BCUT2D eigenvalue weighted by molar-refractivity contribution is -0.140. The van der Waals surface area contributed by atoms with E-state index in [-0.39, 0.29) is 5.41 Å². The molecule has 5 heteroatoms. The number of nitrogens with zero attached hydrogens (tertiary/aromatic N) is 2. The molecule has 2 heterocycles. The van der Waals surface area contributed by atoms with Crippen LogP contribution in [0.4, 0.5) is 0 Å². The molecule has 0 aromatic heterocycles. The van der Waals surface area contributed by atoms with Gasteiger partial charge in [-0.3, -0.25) is 9.80 Å². The van der Waals surface area contributed by atoms with Crippen LogP contribution in [0.1, 0.15) is 25.8 Å². The van der Waals surface area contributed by atoms with E-state index in [9.17, 15) is 5.11 Å². The Morgan fingerprint density at radius 3 is 2.58 bits per heavy atom. The summed E-state index contributed by atoms with van der Waals surface area (Å²) in [5.41, 5.74) is 0.439. The lowest BCUT2D eigenvalue weighted by atomic mass is 9.69. The van der Waals surface area contributed by atoms with Crippen molar-refractivity contribution in [2.24, 2.45) is 5.41 Å². The van der Waals surface area contributed by atoms with Gasteiger partial charge in [-0.15, -0.1) is 0 Å². The van der Waals surface area contributed by atoms with Crippen LogP contribution in [0.15, 0.2) is 24.3 Å². The first-order chi connectivity index (χ1) is 11.4. The largest absolute Gasteiger partial charge is 0.388 e. The van der Waals surface area contributed by atoms with Crippen LogP contribution in [0.3, 0.4) is 0 Å². The molecule has 134 valence electrons. The first kappa shape index (κ1) is 18.2. The van der Waals surface area contributed by atoms with Crippen molar-refractivity contribution in [3.05, 3.63) is 34.9 Å². The van der Waals surface area contributed by atoms with Gasteiger partial charge in [0.2, 0.25) is 0 Å². The minimum atomic E-state index is -0.644. The Hall–Kier alpha value is -0.650. The fourth-order valence-electron chi connectivity index (χ4n) is 3.92. The van der Waals surface area contributed by atoms with Crippen LogP contribution in [-0.4, -0.2) is 66.4 Å². The van der Waals surface area contributed by atoms with Crippen molar-refractivity contribution in [3.8, 4) is 0 Å². The molecule has 2 aliphatic rings. The zero-order chi connectivity index (χ0) is 17.2. The van der Waals surface area contributed by atoms with E-state index in [1.807, 2.05) is 18.2 Å². The van der Waals surface area contributed by atoms with Crippen molar-refractivity contribution in [1.29, 1.82) is 0 Å².